The van der Waals surface area contributed by atoms with E-state index in [2.05, 4.69) is 5.32 Å². The summed E-state index contributed by atoms with van der Waals surface area (Å²) in [5.41, 5.74) is 1.82. The summed E-state index contributed by atoms with van der Waals surface area (Å²) in [7, 11) is 1.81. The van der Waals surface area contributed by atoms with Crippen LogP contribution in [-0.2, 0) is 16.6 Å². The minimum absolute atomic E-state index is 0.309. The molecule has 0 bridgehead atoms. The zero-order chi connectivity index (χ0) is 15.7. The average Bonchev–Trinajstić information content (AvgIpc) is 2.70. The topological polar surface area (TPSA) is 88.4 Å². The van der Waals surface area contributed by atoms with Gasteiger partial charge in [-0.1, -0.05) is 18.2 Å². The van der Waals surface area contributed by atoms with Gasteiger partial charge >= 0.3 is 5.97 Å². The van der Waals surface area contributed by atoms with Crippen molar-refractivity contribution in [1.29, 1.82) is 0 Å². The number of benzene rings is 1. The Morgan fingerprint density at radius 3 is 2.48 bits per heavy atom. The number of carboxylic acids is 1. The number of aromatic nitrogens is 1. The number of para-hydroxylation sites is 1. The fraction of sp³-hybridized carbons (Fsp3) is 0.267. The number of nitrogens with zero attached hydrogens (tertiary/aromatic N) is 1. The van der Waals surface area contributed by atoms with E-state index in [1.54, 1.807) is 19.1 Å². The number of carboxylic acid groups (broad SMARTS) is 1. The molecule has 1 atom stereocenters. The van der Waals surface area contributed by atoms with E-state index in [-0.39, 0.29) is 0 Å². The molecule has 0 unspecified atom stereocenters. The second-order valence-electron chi connectivity index (χ2n) is 4.90. The lowest BCUT2D eigenvalue weighted by molar-refractivity contribution is -0.140. The molecule has 0 aliphatic heterocycles. The summed E-state index contributed by atoms with van der Waals surface area (Å²) in [4.78, 5) is 35.0. The molecule has 0 saturated heterocycles. The number of Topliss-reactive ketones (excluding diaryl/α,β-unsaturated/α-hetero) is 1. The first-order valence-electron chi connectivity index (χ1n) is 6.46. The van der Waals surface area contributed by atoms with Crippen LogP contribution in [0.5, 0.6) is 0 Å². The fourth-order valence-electron chi connectivity index (χ4n) is 2.24. The van der Waals surface area contributed by atoms with Crippen molar-refractivity contribution >= 4 is 28.6 Å². The molecule has 0 aliphatic carbocycles. The van der Waals surface area contributed by atoms with Crippen LogP contribution in [0, 0.1) is 6.92 Å². The Morgan fingerprint density at radius 2 is 1.86 bits per heavy atom. The Labute approximate surface area is 121 Å². The third-order valence-corrected chi connectivity index (χ3v) is 3.55. The van der Waals surface area contributed by atoms with Crippen molar-refractivity contribution < 1.29 is 19.5 Å². The summed E-state index contributed by atoms with van der Waals surface area (Å²) in [5, 5.41) is 11.6. The van der Waals surface area contributed by atoms with Gasteiger partial charge in [-0.15, -0.1) is 0 Å². The number of nitrogens with one attached hydrogen (secondary N) is 1. The standard InChI is InChI=1S/C15H16N2O4/c1-8(15(20)21)16-14(19)13(18)12-9(2)17(3)11-7-5-4-6-10(11)12/h4-8H,1-3H3,(H,16,19)(H,20,21)/t8-/m0/s1. The van der Waals surface area contributed by atoms with Gasteiger partial charge in [0.1, 0.15) is 6.04 Å². The highest BCUT2D eigenvalue weighted by atomic mass is 16.4. The largest absolute Gasteiger partial charge is 0.480 e. The fourth-order valence-corrected chi connectivity index (χ4v) is 2.24. The molecule has 6 nitrogen and oxygen atoms in total. The molecule has 1 amide bonds. The van der Waals surface area contributed by atoms with E-state index in [9.17, 15) is 14.4 Å². The van der Waals surface area contributed by atoms with Gasteiger partial charge in [-0.25, -0.2) is 0 Å². The predicted molar refractivity (Wildman–Crippen MR) is 77.2 cm³/mol. The zero-order valence-electron chi connectivity index (χ0n) is 12.0. The summed E-state index contributed by atoms with van der Waals surface area (Å²) in [5.74, 6) is -2.83. The Kier molecular flexibility index (Phi) is 3.80. The number of aryl methyl sites for hydroxylation is 1. The highest BCUT2D eigenvalue weighted by Crippen LogP contribution is 2.25. The molecule has 110 valence electrons. The molecule has 6 heteroatoms. The van der Waals surface area contributed by atoms with Crippen molar-refractivity contribution in [2.75, 3.05) is 0 Å². The molecular formula is C15H16N2O4. The first-order valence-corrected chi connectivity index (χ1v) is 6.46. The number of hydrogen-bond donors (Lipinski definition) is 2. The molecule has 0 spiro atoms. The molecule has 1 heterocycles. The number of fused-ring (bicyclic) bond motifs is 1. The van der Waals surface area contributed by atoms with Crippen LogP contribution < -0.4 is 5.32 Å². The summed E-state index contributed by atoms with van der Waals surface area (Å²) in [6.45, 7) is 3.06. The highest BCUT2D eigenvalue weighted by Gasteiger charge is 2.26. The quantitative estimate of drug-likeness (QED) is 0.655. The summed E-state index contributed by atoms with van der Waals surface area (Å²) >= 11 is 0. The maximum absolute atomic E-state index is 12.3. The highest BCUT2D eigenvalue weighted by molar-refractivity contribution is 6.45. The monoisotopic (exact) mass is 288 g/mol. The molecule has 2 aromatic rings. The van der Waals surface area contributed by atoms with E-state index in [0.717, 1.165) is 5.52 Å². The minimum atomic E-state index is -1.19. The van der Waals surface area contributed by atoms with Crippen LogP contribution in [0.25, 0.3) is 10.9 Å². The van der Waals surface area contributed by atoms with Gasteiger partial charge < -0.3 is 15.0 Å². The van der Waals surface area contributed by atoms with Gasteiger partial charge in [0.25, 0.3) is 11.7 Å². The second-order valence-corrected chi connectivity index (χ2v) is 4.90. The van der Waals surface area contributed by atoms with Crippen molar-refractivity contribution in [1.82, 2.24) is 9.88 Å². The maximum Gasteiger partial charge on any atom is 0.325 e. The lowest BCUT2D eigenvalue weighted by Gasteiger charge is -2.08. The van der Waals surface area contributed by atoms with Crippen LogP contribution in [0.15, 0.2) is 24.3 Å². The Hall–Kier alpha value is -2.63. The molecule has 1 aromatic carbocycles. The lowest BCUT2D eigenvalue weighted by atomic mass is 10.1. The molecule has 0 radical (unpaired) electrons. The zero-order valence-corrected chi connectivity index (χ0v) is 12.0. The van der Waals surface area contributed by atoms with Crippen molar-refractivity contribution in [3.05, 3.63) is 35.5 Å². The van der Waals surface area contributed by atoms with Gasteiger partial charge in [0.2, 0.25) is 0 Å². The van der Waals surface area contributed by atoms with E-state index in [0.29, 0.717) is 16.6 Å². The van der Waals surface area contributed by atoms with Gasteiger partial charge in [0.15, 0.2) is 0 Å². The van der Waals surface area contributed by atoms with E-state index >= 15 is 0 Å². The molecule has 0 aliphatic rings. The number of carbonyl (C=O) groups is 3. The summed E-state index contributed by atoms with van der Waals surface area (Å²) in [6.07, 6.45) is 0. The van der Waals surface area contributed by atoms with E-state index in [4.69, 9.17) is 5.11 Å². The minimum Gasteiger partial charge on any atom is -0.480 e. The molecule has 2 rings (SSSR count). The Balaban J connectivity index is 2.42. The molecule has 2 N–H and O–H groups in total. The van der Waals surface area contributed by atoms with Gasteiger partial charge in [0, 0.05) is 23.6 Å². The van der Waals surface area contributed by atoms with Gasteiger partial charge in [-0.3, -0.25) is 14.4 Å². The maximum atomic E-state index is 12.3. The SMILES string of the molecule is Cc1c(C(=O)C(=O)N[C@@H](C)C(=O)O)c2ccccc2n1C. The van der Waals surface area contributed by atoms with Gasteiger partial charge in [-0.2, -0.15) is 0 Å². The van der Waals surface area contributed by atoms with Crippen molar-refractivity contribution in [3.8, 4) is 0 Å². The number of rotatable bonds is 4. The number of carbonyl (C=O) groups excluding carboxylic acids is 2. The molecule has 1 aromatic heterocycles. The normalized spacial score (nSPS) is 12.1. The number of amides is 1. The molecule has 0 saturated carbocycles. The van der Waals surface area contributed by atoms with Crippen LogP contribution >= 0.6 is 0 Å². The number of aliphatic carboxylic acids is 1. The van der Waals surface area contributed by atoms with Crippen LogP contribution in [0.4, 0.5) is 0 Å². The van der Waals surface area contributed by atoms with Crippen molar-refractivity contribution in [2.24, 2.45) is 7.05 Å². The van der Waals surface area contributed by atoms with E-state index < -0.39 is 23.7 Å². The Bertz CT molecular complexity index is 745. The third-order valence-electron chi connectivity index (χ3n) is 3.55. The first-order chi connectivity index (χ1) is 9.84. The number of hydrogen-bond acceptors (Lipinski definition) is 3. The van der Waals surface area contributed by atoms with Gasteiger partial charge in [-0.05, 0) is 19.9 Å². The Morgan fingerprint density at radius 1 is 1.24 bits per heavy atom. The molecule has 0 fully saturated rings. The van der Waals surface area contributed by atoms with Crippen molar-refractivity contribution in [2.45, 2.75) is 19.9 Å². The smallest absolute Gasteiger partial charge is 0.325 e. The van der Waals surface area contributed by atoms with Crippen LogP contribution in [0.3, 0.4) is 0 Å². The molecular weight excluding hydrogens is 272 g/mol. The average molecular weight is 288 g/mol. The summed E-state index contributed by atoms with van der Waals surface area (Å²) < 4.78 is 1.83. The third kappa shape index (κ3) is 2.52. The first kappa shape index (κ1) is 14.8. The van der Waals surface area contributed by atoms with Crippen LogP contribution in [0.1, 0.15) is 23.0 Å². The van der Waals surface area contributed by atoms with Crippen LogP contribution in [-0.4, -0.2) is 33.4 Å². The lowest BCUT2D eigenvalue weighted by Crippen LogP contribution is -2.42. The predicted octanol–water partition coefficient (Wildman–Crippen LogP) is 1.26. The van der Waals surface area contributed by atoms with Crippen molar-refractivity contribution in [3.63, 3.8) is 0 Å². The molecule has 21 heavy (non-hydrogen) atoms. The second kappa shape index (κ2) is 5.40. The number of ketones is 1. The van der Waals surface area contributed by atoms with Crippen LogP contribution in [0.2, 0.25) is 0 Å². The summed E-state index contributed by atoms with van der Waals surface area (Å²) in [6, 6.07) is 6.15. The van der Waals surface area contributed by atoms with E-state index in [1.165, 1.54) is 6.92 Å². The van der Waals surface area contributed by atoms with E-state index in [1.807, 2.05) is 23.7 Å². The van der Waals surface area contributed by atoms with Gasteiger partial charge in [0.05, 0.1) is 5.56 Å².